The van der Waals surface area contributed by atoms with Crippen molar-refractivity contribution in [3.05, 3.63) is 48.0 Å². The molecular weight excluding hydrogens is 330 g/mol. The molecule has 7 heteroatoms. The lowest BCUT2D eigenvalue weighted by Gasteiger charge is -2.20. The number of likely N-dealkylation sites (tertiary alicyclic amines) is 1. The van der Waals surface area contributed by atoms with Crippen molar-refractivity contribution in [2.75, 3.05) is 19.6 Å². The highest BCUT2D eigenvalue weighted by Crippen LogP contribution is 2.10. The number of nitrogens with one attached hydrogen (secondary N) is 1. The molecule has 1 N–H and O–H groups in total. The van der Waals surface area contributed by atoms with Crippen molar-refractivity contribution >= 4 is 11.8 Å². The molecular formula is C19H25N5O2. The van der Waals surface area contributed by atoms with Gasteiger partial charge in [0.1, 0.15) is 12.7 Å². The van der Waals surface area contributed by atoms with Crippen LogP contribution in [0.1, 0.15) is 48.0 Å². The van der Waals surface area contributed by atoms with Gasteiger partial charge in [-0.25, -0.2) is 9.67 Å². The highest BCUT2D eigenvalue weighted by molar-refractivity contribution is 5.94. The van der Waals surface area contributed by atoms with Crippen molar-refractivity contribution in [2.24, 2.45) is 0 Å². The lowest BCUT2D eigenvalue weighted by atomic mass is 10.1. The molecule has 0 saturated carbocycles. The van der Waals surface area contributed by atoms with Crippen molar-refractivity contribution < 1.29 is 9.59 Å². The first-order chi connectivity index (χ1) is 12.7. The van der Waals surface area contributed by atoms with Crippen molar-refractivity contribution in [3.8, 4) is 0 Å². The van der Waals surface area contributed by atoms with Crippen LogP contribution in [0.4, 0.5) is 0 Å². The summed E-state index contributed by atoms with van der Waals surface area (Å²) in [5, 5.41) is 6.90. The van der Waals surface area contributed by atoms with Crippen LogP contribution in [0.5, 0.6) is 0 Å². The number of nitrogens with zero attached hydrogens (tertiary/aromatic N) is 4. The maximum absolute atomic E-state index is 12.2. The third-order valence-electron chi connectivity index (χ3n) is 4.61. The van der Waals surface area contributed by atoms with Crippen molar-refractivity contribution in [1.82, 2.24) is 25.0 Å². The molecule has 2 amide bonds. The minimum Gasteiger partial charge on any atom is -0.352 e. The van der Waals surface area contributed by atoms with Gasteiger partial charge in [-0.05, 0) is 30.5 Å². The minimum atomic E-state index is -0.152. The number of aromatic nitrogens is 3. The first kappa shape index (κ1) is 18.1. The van der Waals surface area contributed by atoms with Gasteiger partial charge < -0.3 is 10.2 Å². The maximum atomic E-state index is 12.2. The Kier molecular flexibility index (Phi) is 6.35. The van der Waals surface area contributed by atoms with E-state index in [1.165, 1.54) is 19.2 Å². The summed E-state index contributed by atoms with van der Waals surface area (Å²) in [6.45, 7) is 2.68. The van der Waals surface area contributed by atoms with Gasteiger partial charge in [-0.3, -0.25) is 9.59 Å². The Labute approximate surface area is 153 Å². The fourth-order valence-corrected chi connectivity index (χ4v) is 3.13. The number of hydrogen-bond acceptors (Lipinski definition) is 4. The quantitative estimate of drug-likeness (QED) is 0.857. The largest absolute Gasteiger partial charge is 0.352 e. The smallest absolute Gasteiger partial charge is 0.251 e. The topological polar surface area (TPSA) is 80.1 Å². The van der Waals surface area contributed by atoms with Crippen LogP contribution in [0, 0.1) is 0 Å². The molecule has 2 heterocycles. The van der Waals surface area contributed by atoms with E-state index in [0.29, 0.717) is 25.1 Å². The first-order valence-electron chi connectivity index (χ1n) is 9.20. The molecule has 1 aromatic carbocycles. The van der Waals surface area contributed by atoms with Crippen LogP contribution in [0.2, 0.25) is 0 Å². The van der Waals surface area contributed by atoms with E-state index in [-0.39, 0.29) is 11.8 Å². The normalized spacial score (nSPS) is 14.7. The second-order valence-electron chi connectivity index (χ2n) is 6.59. The van der Waals surface area contributed by atoms with Gasteiger partial charge in [0.05, 0.1) is 6.54 Å². The van der Waals surface area contributed by atoms with Crippen LogP contribution < -0.4 is 5.32 Å². The van der Waals surface area contributed by atoms with E-state index in [4.69, 9.17) is 0 Å². The molecule has 7 nitrogen and oxygen atoms in total. The highest BCUT2D eigenvalue weighted by Gasteiger charge is 2.15. The predicted molar refractivity (Wildman–Crippen MR) is 97.6 cm³/mol. The molecule has 2 aromatic rings. The Morgan fingerprint density at radius 1 is 1.04 bits per heavy atom. The zero-order valence-corrected chi connectivity index (χ0v) is 14.9. The average molecular weight is 355 g/mol. The Morgan fingerprint density at radius 2 is 1.77 bits per heavy atom. The van der Waals surface area contributed by atoms with Gasteiger partial charge in [0, 0.05) is 31.6 Å². The molecule has 1 saturated heterocycles. The number of benzene rings is 1. The summed E-state index contributed by atoms with van der Waals surface area (Å²) in [6, 6.07) is 7.38. The van der Waals surface area contributed by atoms with Crippen LogP contribution in [0.15, 0.2) is 36.9 Å². The number of carbonyl (C=O) groups is 2. The summed E-state index contributed by atoms with van der Waals surface area (Å²) in [5.41, 5.74) is 1.64. The molecule has 0 atom stereocenters. The van der Waals surface area contributed by atoms with Gasteiger partial charge in [-0.15, -0.1) is 0 Å². The average Bonchev–Trinajstić information content (AvgIpc) is 3.01. The number of rotatable bonds is 6. The van der Waals surface area contributed by atoms with E-state index in [9.17, 15) is 9.59 Å². The fraction of sp³-hybridized carbons (Fsp3) is 0.474. The maximum Gasteiger partial charge on any atom is 0.251 e. The monoisotopic (exact) mass is 355 g/mol. The van der Waals surface area contributed by atoms with Gasteiger partial charge in [0.2, 0.25) is 5.91 Å². The standard InChI is InChI=1S/C19H25N5O2/c25-18(23-11-3-1-2-4-12-23)9-10-21-19(26)17-7-5-16(6-8-17)13-24-15-20-14-22-24/h5-8,14-15H,1-4,9-13H2,(H,21,26). The molecule has 0 aliphatic carbocycles. The van der Waals surface area contributed by atoms with Gasteiger partial charge in [0.15, 0.2) is 0 Å². The molecule has 0 unspecified atom stereocenters. The number of amides is 2. The Balaban J connectivity index is 1.43. The summed E-state index contributed by atoms with van der Waals surface area (Å²) in [6.07, 6.45) is 8.08. The van der Waals surface area contributed by atoms with E-state index >= 15 is 0 Å². The predicted octanol–water partition coefficient (Wildman–Crippen LogP) is 1.85. The Bertz CT molecular complexity index is 704. The van der Waals surface area contributed by atoms with E-state index in [0.717, 1.165) is 31.5 Å². The van der Waals surface area contributed by atoms with Crippen molar-refractivity contribution in [2.45, 2.75) is 38.6 Å². The summed E-state index contributed by atoms with van der Waals surface area (Å²) in [5.74, 6) is -0.0173. The Hall–Kier alpha value is -2.70. The summed E-state index contributed by atoms with van der Waals surface area (Å²) < 4.78 is 1.73. The van der Waals surface area contributed by atoms with E-state index in [2.05, 4.69) is 15.4 Å². The lowest BCUT2D eigenvalue weighted by Crippen LogP contribution is -2.35. The van der Waals surface area contributed by atoms with Crippen LogP contribution in [0.3, 0.4) is 0 Å². The molecule has 3 rings (SSSR count). The molecule has 1 aromatic heterocycles. The third kappa shape index (κ3) is 5.15. The molecule has 138 valence electrons. The first-order valence-corrected chi connectivity index (χ1v) is 9.20. The van der Waals surface area contributed by atoms with E-state index in [1.807, 2.05) is 17.0 Å². The number of carbonyl (C=O) groups excluding carboxylic acids is 2. The second-order valence-corrected chi connectivity index (χ2v) is 6.59. The Morgan fingerprint density at radius 3 is 2.42 bits per heavy atom. The molecule has 26 heavy (non-hydrogen) atoms. The lowest BCUT2D eigenvalue weighted by molar-refractivity contribution is -0.131. The van der Waals surface area contributed by atoms with Gasteiger partial charge in [-0.2, -0.15) is 5.10 Å². The molecule has 1 aliphatic rings. The molecule has 0 radical (unpaired) electrons. The van der Waals surface area contributed by atoms with E-state index in [1.54, 1.807) is 23.1 Å². The molecule has 0 spiro atoms. The third-order valence-corrected chi connectivity index (χ3v) is 4.61. The summed E-state index contributed by atoms with van der Waals surface area (Å²) in [7, 11) is 0. The van der Waals surface area contributed by atoms with Crippen LogP contribution >= 0.6 is 0 Å². The van der Waals surface area contributed by atoms with Gasteiger partial charge in [0.25, 0.3) is 5.91 Å². The van der Waals surface area contributed by atoms with Crippen molar-refractivity contribution in [3.63, 3.8) is 0 Å². The van der Waals surface area contributed by atoms with Crippen LogP contribution in [-0.4, -0.2) is 51.1 Å². The highest BCUT2D eigenvalue weighted by atomic mass is 16.2. The zero-order valence-electron chi connectivity index (χ0n) is 14.9. The van der Waals surface area contributed by atoms with E-state index < -0.39 is 0 Å². The number of hydrogen-bond donors (Lipinski definition) is 1. The second kappa shape index (κ2) is 9.12. The van der Waals surface area contributed by atoms with Crippen LogP contribution in [0.25, 0.3) is 0 Å². The molecule has 1 aliphatic heterocycles. The van der Waals surface area contributed by atoms with Crippen LogP contribution in [-0.2, 0) is 11.3 Å². The minimum absolute atomic E-state index is 0.135. The van der Waals surface area contributed by atoms with Gasteiger partial charge in [-0.1, -0.05) is 25.0 Å². The van der Waals surface area contributed by atoms with Crippen molar-refractivity contribution in [1.29, 1.82) is 0 Å². The fourth-order valence-electron chi connectivity index (χ4n) is 3.13. The SMILES string of the molecule is O=C(NCCC(=O)N1CCCCCC1)c1ccc(Cn2cncn2)cc1. The summed E-state index contributed by atoms with van der Waals surface area (Å²) >= 11 is 0. The molecule has 1 fully saturated rings. The van der Waals surface area contributed by atoms with Gasteiger partial charge >= 0.3 is 0 Å². The zero-order chi connectivity index (χ0) is 18.2. The molecule has 0 bridgehead atoms. The summed E-state index contributed by atoms with van der Waals surface area (Å²) in [4.78, 5) is 30.3.